The number of hydrogen-bond donors (Lipinski definition) is 2. The quantitative estimate of drug-likeness (QED) is 0.843. The number of carboxylic acids is 1. The minimum absolute atomic E-state index is 0.0133. The smallest absolute Gasteiger partial charge is 0.308 e. The van der Waals surface area contributed by atoms with Gasteiger partial charge < -0.3 is 15.3 Å². The van der Waals surface area contributed by atoms with Gasteiger partial charge in [0.15, 0.2) is 0 Å². The zero-order chi connectivity index (χ0) is 17.0. The van der Waals surface area contributed by atoms with Crippen LogP contribution >= 0.6 is 0 Å². The number of carbonyl (C=O) groups excluding carboxylic acids is 2. The van der Waals surface area contributed by atoms with Crippen LogP contribution in [0.15, 0.2) is 24.3 Å². The van der Waals surface area contributed by atoms with Crippen molar-refractivity contribution in [2.24, 2.45) is 11.8 Å². The van der Waals surface area contributed by atoms with Gasteiger partial charge >= 0.3 is 5.97 Å². The number of nitrogens with zero attached hydrogens (tertiary/aromatic N) is 1. The molecule has 1 aliphatic rings. The number of rotatable bonds is 6. The fourth-order valence-corrected chi connectivity index (χ4v) is 2.70. The number of hydrogen-bond acceptors (Lipinski definition) is 3. The van der Waals surface area contributed by atoms with Gasteiger partial charge in [-0.05, 0) is 24.6 Å². The highest BCUT2D eigenvalue weighted by Crippen LogP contribution is 2.27. The Bertz CT molecular complexity index is 614. The third-order valence-electron chi connectivity index (χ3n) is 4.07. The number of anilines is 2. The van der Waals surface area contributed by atoms with Crippen LogP contribution in [0.5, 0.6) is 0 Å². The normalized spacial score (nSPS) is 18.8. The Labute approximate surface area is 135 Å². The number of carbonyl (C=O) groups is 3. The molecule has 6 nitrogen and oxygen atoms in total. The number of nitrogens with one attached hydrogen (secondary N) is 1. The van der Waals surface area contributed by atoms with E-state index in [0.29, 0.717) is 11.4 Å². The molecule has 0 radical (unpaired) electrons. The Morgan fingerprint density at radius 2 is 2.17 bits per heavy atom. The molecule has 0 spiro atoms. The summed E-state index contributed by atoms with van der Waals surface area (Å²) in [5.74, 6) is -1.97. The Balaban J connectivity index is 2.10. The van der Waals surface area contributed by atoms with E-state index in [1.165, 1.54) is 4.90 Å². The summed E-state index contributed by atoms with van der Waals surface area (Å²) in [5, 5.41) is 11.9. The van der Waals surface area contributed by atoms with E-state index in [9.17, 15) is 14.4 Å². The van der Waals surface area contributed by atoms with Gasteiger partial charge in [-0.25, -0.2) is 0 Å². The van der Waals surface area contributed by atoms with Gasteiger partial charge in [0.1, 0.15) is 0 Å². The topological polar surface area (TPSA) is 86.7 Å². The summed E-state index contributed by atoms with van der Waals surface area (Å²) in [7, 11) is 0. The van der Waals surface area contributed by atoms with Crippen LogP contribution in [-0.2, 0) is 14.4 Å². The predicted molar refractivity (Wildman–Crippen MR) is 87.2 cm³/mol. The standard InChI is InChI=1S/C17H22N2O4/c1-3-5-11(2)16(21)18-13-6-4-7-14(9-13)19-10-12(17(22)23)8-15(19)20/h4,6-7,9,11-12H,3,5,8,10H2,1-2H3,(H,18,21)(H,22,23)/t11-,12+/m1/s1. The second kappa shape index (κ2) is 7.26. The van der Waals surface area contributed by atoms with Crippen LogP contribution in [0.25, 0.3) is 0 Å². The van der Waals surface area contributed by atoms with Gasteiger partial charge in [0, 0.05) is 30.3 Å². The van der Waals surface area contributed by atoms with Gasteiger partial charge in [0.2, 0.25) is 11.8 Å². The number of carboxylic acid groups (broad SMARTS) is 1. The lowest BCUT2D eigenvalue weighted by molar-refractivity contribution is -0.141. The summed E-state index contributed by atoms with van der Waals surface area (Å²) in [5.41, 5.74) is 1.22. The van der Waals surface area contributed by atoms with Crippen LogP contribution in [-0.4, -0.2) is 29.4 Å². The molecule has 0 saturated carbocycles. The van der Waals surface area contributed by atoms with Crippen molar-refractivity contribution >= 4 is 29.2 Å². The Hall–Kier alpha value is -2.37. The van der Waals surface area contributed by atoms with E-state index in [1.807, 2.05) is 13.8 Å². The molecule has 23 heavy (non-hydrogen) atoms. The fourth-order valence-electron chi connectivity index (χ4n) is 2.70. The molecule has 1 aromatic carbocycles. The van der Waals surface area contributed by atoms with E-state index >= 15 is 0 Å². The molecule has 0 unspecified atom stereocenters. The van der Waals surface area contributed by atoms with Crippen molar-refractivity contribution in [1.82, 2.24) is 0 Å². The van der Waals surface area contributed by atoms with Gasteiger partial charge in [-0.1, -0.05) is 26.3 Å². The van der Waals surface area contributed by atoms with Crippen LogP contribution in [0.2, 0.25) is 0 Å². The molecule has 1 fully saturated rings. The Morgan fingerprint density at radius 1 is 1.43 bits per heavy atom. The fraction of sp³-hybridized carbons (Fsp3) is 0.471. The van der Waals surface area contributed by atoms with Gasteiger partial charge in [-0.3, -0.25) is 14.4 Å². The third kappa shape index (κ3) is 4.09. The van der Waals surface area contributed by atoms with Crippen LogP contribution in [0.3, 0.4) is 0 Å². The van der Waals surface area contributed by atoms with Crippen LogP contribution in [0.4, 0.5) is 11.4 Å². The molecule has 2 atom stereocenters. The zero-order valence-electron chi connectivity index (χ0n) is 13.4. The Morgan fingerprint density at radius 3 is 2.78 bits per heavy atom. The second-order valence-corrected chi connectivity index (χ2v) is 5.97. The predicted octanol–water partition coefficient (Wildman–Crippen LogP) is 2.50. The summed E-state index contributed by atoms with van der Waals surface area (Å²) in [6, 6.07) is 6.96. The van der Waals surface area contributed by atoms with Crippen molar-refractivity contribution in [3.8, 4) is 0 Å². The second-order valence-electron chi connectivity index (χ2n) is 5.97. The van der Waals surface area contributed by atoms with E-state index < -0.39 is 11.9 Å². The summed E-state index contributed by atoms with van der Waals surface area (Å²) in [6.07, 6.45) is 1.77. The highest BCUT2D eigenvalue weighted by Gasteiger charge is 2.35. The summed E-state index contributed by atoms with van der Waals surface area (Å²) in [6.45, 7) is 4.07. The molecule has 1 heterocycles. The van der Waals surface area contributed by atoms with Crippen molar-refractivity contribution in [3.63, 3.8) is 0 Å². The minimum atomic E-state index is -0.960. The molecule has 6 heteroatoms. The van der Waals surface area contributed by atoms with Crippen molar-refractivity contribution in [1.29, 1.82) is 0 Å². The summed E-state index contributed by atoms with van der Waals surface area (Å²) < 4.78 is 0. The summed E-state index contributed by atoms with van der Waals surface area (Å²) >= 11 is 0. The number of benzene rings is 1. The average Bonchev–Trinajstić information content (AvgIpc) is 2.90. The van der Waals surface area contributed by atoms with Crippen LogP contribution < -0.4 is 10.2 Å². The van der Waals surface area contributed by atoms with E-state index in [0.717, 1.165) is 12.8 Å². The highest BCUT2D eigenvalue weighted by atomic mass is 16.4. The Kier molecular flexibility index (Phi) is 5.36. The van der Waals surface area contributed by atoms with E-state index in [2.05, 4.69) is 5.32 Å². The molecular weight excluding hydrogens is 296 g/mol. The largest absolute Gasteiger partial charge is 0.481 e. The summed E-state index contributed by atoms with van der Waals surface area (Å²) in [4.78, 5) is 36.6. The molecule has 0 bridgehead atoms. The minimum Gasteiger partial charge on any atom is -0.481 e. The van der Waals surface area contributed by atoms with E-state index in [4.69, 9.17) is 5.11 Å². The maximum Gasteiger partial charge on any atom is 0.308 e. The number of amides is 2. The maximum absolute atomic E-state index is 12.1. The van der Waals surface area contributed by atoms with Gasteiger partial charge in [-0.15, -0.1) is 0 Å². The molecule has 1 aliphatic heterocycles. The van der Waals surface area contributed by atoms with E-state index in [-0.39, 0.29) is 30.7 Å². The lowest BCUT2D eigenvalue weighted by Crippen LogP contribution is -2.26. The molecule has 2 rings (SSSR count). The molecule has 0 aromatic heterocycles. The molecular formula is C17H22N2O4. The van der Waals surface area contributed by atoms with Crippen molar-refractivity contribution in [2.75, 3.05) is 16.8 Å². The van der Waals surface area contributed by atoms with Gasteiger partial charge in [-0.2, -0.15) is 0 Å². The lowest BCUT2D eigenvalue weighted by atomic mass is 10.1. The first-order chi connectivity index (χ1) is 10.9. The molecule has 1 aromatic rings. The van der Waals surface area contributed by atoms with Gasteiger partial charge in [0.05, 0.1) is 5.92 Å². The number of aliphatic carboxylic acids is 1. The van der Waals surface area contributed by atoms with Crippen molar-refractivity contribution in [2.45, 2.75) is 33.1 Å². The van der Waals surface area contributed by atoms with Crippen molar-refractivity contribution in [3.05, 3.63) is 24.3 Å². The van der Waals surface area contributed by atoms with Crippen molar-refractivity contribution < 1.29 is 19.5 Å². The molecule has 124 valence electrons. The lowest BCUT2D eigenvalue weighted by Gasteiger charge is -2.18. The maximum atomic E-state index is 12.1. The molecule has 0 aliphatic carbocycles. The monoisotopic (exact) mass is 318 g/mol. The van der Waals surface area contributed by atoms with E-state index in [1.54, 1.807) is 24.3 Å². The zero-order valence-corrected chi connectivity index (χ0v) is 13.4. The van der Waals surface area contributed by atoms with Gasteiger partial charge in [0.25, 0.3) is 0 Å². The molecule has 2 amide bonds. The first-order valence-electron chi connectivity index (χ1n) is 7.86. The SMILES string of the molecule is CCC[C@@H](C)C(=O)Nc1cccc(N2C[C@@H](C(=O)O)CC2=O)c1. The third-order valence-corrected chi connectivity index (χ3v) is 4.07. The van der Waals surface area contributed by atoms with Crippen LogP contribution in [0.1, 0.15) is 33.1 Å². The first-order valence-corrected chi connectivity index (χ1v) is 7.86. The van der Waals surface area contributed by atoms with Crippen LogP contribution in [0, 0.1) is 11.8 Å². The highest BCUT2D eigenvalue weighted by molar-refractivity contribution is 6.00. The average molecular weight is 318 g/mol. The first kappa shape index (κ1) is 17.0. The molecule has 2 N–H and O–H groups in total. The molecule has 1 saturated heterocycles.